The van der Waals surface area contributed by atoms with Crippen molar-refractivity contribution in [1.29, 1.82) is 0 Å². The molecule has 0 spiro atoms. The molecule has 11 nitrogen and oxygen atoms in total. The van der Waals surface area contributed by atoms with Gasteiger partial charge in [0.2, 0.25) is 0 Å². The van der Waals surface area contributed by atoms with Crippen LogP contribution in [0, 0.1) is 30.6 Å². The Bertz CT molecular complexity index is 2510. The normalized spacial score (nSPS) is 15.4. The fourth-order valence-electron chi connectivity index (χ4n) is 6.91. The summed E-state index contributed by atoms with van der Waals surface area (Å²) in [5, 5.41) is 0. The molecule has 2 aromatic heterocycles. The minimum atomic E-state index is -0.594. The van der Waals surface area contributed by atoms with Crippen molar-refractivity contribution in [3.8, 4) is 30.4 Å². The zero-order valence-corrected chi connectivity index (χ0v) is 29.7. The number of fused-ring (bicyclic) bond motifs is 5. The van der Waals surface area contributed by atoms with Gasteiger partial charge in [-0.2, -0.15) is 0 Å². The van der Waals surface area contributed by atoms with Crippen LogP contribution in [0.3, 0.4) is 0 Å². The second-order valence-electron chi connectivity index (χ2n) is 12.8. The zero-order valence-electron chi connectivity index (χ0n) is 29.7. The molecule has 270 valence electrons. The summed E-state index contributed by atoms with van der Waals surface area (Å²) in [6, 6.07) is 25.4. The summed E-state index contributed by atoms with van der Waals surface area (Å²) in [6.45, 7) is 0.574. The number of ether oxygens (including phenoxy) is 3. The highest BCUT2D eigenvalue weighted by Gasteiger charge is 2.29. The molecule has 3 aliphatic rings. The van der Waals surface area contributed by atoms with Crippen LogP contribution in [-0.2, 0) is 27.3 Å². The van der Waals surface area contributed by atoms with Gasteiger partial charge in [-0.25, -0.2) is 19.6 Å². The average molecular weight is 727 g/mol. The third-order valence-corrected chi connectivity index (χ3v) is 9.57. The second-order valence-corrected chi connectivity index (χ2v) is 12.8. The molecule has 1 unspecified atom stereocenters. The summed E-state index contributed by atoms with van der Waals surface area (Å²) in [5.41, 5.74) is 9.34. The topological polar surface area (TPSA) is 122 Å². The second kappa shape index (κ2) is 15.5. The van der Waals surface area contributed by atoms with E-state index < -0.39 is 11.9 Å². The van der Waals surface area contributed by atoms with E-state index in [1.807, 2.05) is 100 Å². The van der Waals surface area contributed by atoms with Crippen LogP contribution in [0.25, 0.3) is 11.4 Å². The van der Waals surface area contributed by atoms with E-state index in [0.29, 0.717) is 17.8 Å². The number of terminal acetylenes is 2. The van der Waals surface area contributed by atoms with E-state index in [1.165, 1.54) is 0 Å². The molecule has 11 heteroatoms. The van der Waals surface area contributed by atoms with E-state index >= 15 is 0 Å². The first kappa shape index (κ1) is 35.0. The van der Waals surface area contributed by atoms with Crippen molar-refractivity contribution in [2.24, 2.45) is 15.9 Å². The summed E-state index contributed by atoms with van der Waals surface area (Å²) in [5.74, 6) is 4.29. The molecule has 8 rings (SSSR count). The standard InChI is InChI=1S/C44H34N6O5/c1-3-29-15-17-35-33(23-29)39(31-11-7-5-8-12-31)45-25-37-41(47-27-49(35)37)43(51)54-21-19-53-20-22-55-44(52)42-38-26-46-40(32-13-9-6-10-14-32)34-24-30(4-2)16-18-36(34)50(38)28-48-42/h1-2,5-18,23,27-28,30H,19-22,24-26H2. The number of rotatable bonds is 10. The maximum Gasteiger partial charge on any atom is 0.358 e. The Morgan fingerprint density at radius 1 is 0.745 bits per heavy atom. The van der Waals surface area contributed by atoms with Gasteiger partial charge in [0, 0.05) is 33.7 Å². The monoisotopic (exact) mass is 726 g/mol. The van der Waals surface area contributed by atoms with Crippen molar-refractivity contribution in [3.05, 3.63) is 154 Å². The number of esters is 2. The van der Waals surface area contributed by atoms with Gasteiger partial charge in [-0.15, -0.1) is 12.8 Å². The molecule has 0 bridgehead atoms. The summed E-state index contributed by atoms with van der Waals surface area (Å²) in [7, 11) is 0. The van der Waals surface area contributed by atoms with Crippen LogP contribution in [0.1, 0.15) is 61.0 Å². The molecule has 5 aromatic rings. The Kier molecular flexibility index (Phi) is 9.85. The lowest BCUT2D eigenvalue weighted by molar-refractivity contribution is 0.0145. The number of hydrogen-bond donors (Lipinski definition) is 0. The maximum absolute atomic E-state index is 13.2. The number of hydrogen-bond acceptors (Lipinski definition) is 9. The Morgan fingerprint density at radius 2 is 1.35 bits per heavy atom. The Balaban J connectivity index is 0.869. The molecule has 4 heterocycles. The van der Waals surface area contributed by atoms with Gasteiger partial charge in [0.15, 0.2) is 11.4 Å². The molecule has 2 aliphatic heterocycles. The first-order chi connectivity index (χ1) is 27.0. The first-order valence-electron chi connectivity index (χ1n) is 17.8. The van der Waals surface area contributed by atoms with Crippen LogP contribution in [-0.4, -0.2) is 68.9 Å². The van der Waals surface area contributed by atoms with Gasteiger partial charge in [-0.1, -0.05) is 78.6 Å². The molecule has 0 saturated carbocycles. The minimum Gasteiger partial charge on any atom is -0.458 e. The van der Waals surface area contributed by atoms with Crippen molar-refractivity contribution < 1.29 is 23.8 Å². The summed E-state index contributed by atoms with van der Waals surface area (Å²) < 4.78 is 20.4. The summed E-state index contributed by atoms with van der Waals surface area (Å²) in [4.78, 5) is 45.0. The van der Waals surface area contributed by atoms with Crippen molar-refractivity contribution in [3.63, 3.8) is 0 Å². The molecule has 0 fully saturated rings. The zero-order chi connectivity index (χ0) is 37.7. The fourth-order valence-corrected chi connectivity index (χ4v) is 6.91. The minimum absolute atomic E-state index is 0.0214. The molecule has 0 saturated heterocycles. The number of imidazole rings is 2. The van der Waals surface area contributed by atoms with Gasteiger partial charge in [-0.05, 0) is 30.7 Å². The Hall–Kier alpha value is -7.08. The lowest BCUT2D eigenvalue weighted by atomic mass is 9.87. The highest BCUT2D eigenvalue weighted by Crippen LogP contribution is 2.34. The van der Waals surface area contributed by atoms with Gasteiger partial charge in [0.25, 0.3) is 0 Å². The van der Waals surface area contributed by atoms with Crippen LogP contribution in [0.2, 0.25) is 0 Å². The Labute approximate surface area is 317 Å². The fraction of sp³-hybridized carbons (Fsp3) is 0.182. The number of nitrogens with zero attached hydrogens (tertiary/aromatic N) is 6. The molecule has 1 aliphatic carbocycles. The smallest absolute Gasteiger partial charge is 0.358 e. The number of benzene rings is 3. The molecule has 55 heavy (non-hydrogen) atoms. The van der Waals surface area contributed by atoms with Crippen LogP contribution in [0.5, 0.6) is 0 Å². The first-order valence-corrected chi connectivity index (χ1v) is 17.8. The molecule has 0 amide bonds. The van der Waals surface area contributed by atoms with Crippen molar-refractivity contribution in [2.75, 3.05) is 26.4 Å². The SMILES string of the molecule is C#Cc1ccc2c(c1)C(c1ccccc1)=NCc1c(C(=O)OCCOCCOC(=O)c3ncn4c3CN=C(c3ccccc3)C3=C4C=CC(C#C)C3)ncn1-2. The van der Waals surface area contributed by atoms with Gasteiger partial charge >= 0.3 is 11.9 Å². The molecular weight excluding hydrogens is 693 g/mol. The molecule has 3 aromatic carbocycles. The highest BCUT2D eigenvalue weighted by atomic mass is 16.6. The summed E-state index contributed by atoms with van der Waals surface area (Å²) >= 11 is 0. The van der Waals surface area contributed by atoms with Gasteiger partial charge in [0.05, 0.1) is 60.5 Å². The van der Waals surface area contributed by atoms with E-state index in [-0.39, 0.29) is 56.8 Å². The van der Waals surface area contributed by atoms with Crippen LogP contribution < -0.4 is 0 Å². The average Bonchev–Trinajstić information content (AvgIpc) is 3.77. The third-order valence-electron chi connectivity index (χ3n) is 9.57. The predicted molar refractivity (Wildman–Crippen MR) is 207 cm³/mol. The number of carbonyl (C=O) groups is 2. The maximum atomic E-state index is 13.2. The molecular formula is C44H34N6O5. The molecule has 1 atom stereocenters. The van der Waals surface area contributed by atoms with Gasteiger partial charge in [-0.3, -0.25) is 14.6 Å². The van der Waals surface area contributed by atoms with E-state index in [9.17, 15) is 9.59 Å². The highest BCUT2D eigenvalue weighted by molar-refractivity contribution is 6.17. The van der Waals surface area contributed by atoms with Crippen LogP contribution in [0.15, 0.2) is 119 Å². The molecule has 0 radical (unpaired) electrons. The number of aromatic nitrogens is 4. The Morgan fingerprint density at radius 3 is 1.98 bits per heavy atom. The van der Waals surface area contributed by atoms with E-state index in [1.54, 1.807) is 12.7 Å². The number of allylic oxidation sites excluding steroid dienone is 4. The lowest BCUT2D eigenvalue weighted by Gasteiger charge is -2.21. The molecule has 0 N–H and O–H groups in total. The van der Waals surface area contributed by atoms with E-state index in [0.717, 1.165) is 50.6 Å². The predicted octanol–water partition coefficient (Wildman–Crippen LogP) is 5.85. The number of aliphatic imine (C=N–C) groups is 2. The number of carbonyl (C=O) groups excluding carboxylic acids is 2. The van der Waals surface area contributed by atoms with Gasteiger partial charge in [0.1, 0.15) is 25.9 Å². The van der Waals surface area contributed by atoms with Crippen LogP contribution >= 0.6 is 0 Å². The van der Waals surface area contributed by atoms with Crippen molar-refractivity contribution >= 4 is 29.1 Å². The van der Waals surface area contributed by atoms with E-state index in [4.69, 9.17) is 37.0 Å². The summed E-state index contributed by atoms with van der Waals surface area (Å²) in [6.07, 6.45) is 19.3. The lowest BCUT2D eigenvalue weighted by Crippen LogP contribution is -2.17. The van der Waals surface area contributed by atoms with Gasteiger partial charge < -0.3 is 18.8 Å². The van der Waals surface area contributed by atoms with Crippen molar-refractivity contribution in [2.45, 2.75) is 19.5 Å². The van der Waals surface area contributed by atoms with Crippen molar-refractivity contribution in [1.82, 2.24) is 19.1 Å². The van der Waals surface area contributed by atoms with E-state index in [2.05, 4.69) is 21.8 Å². The quantitative estimate of drug-likeness (QED) is 0.101. The van der Waals surface area contributed by atoms with Crippen LogP contribution in [0.4, 0.5) is 0 Å². The largest absolute Gasteiger partial charge is 0.458 e. The third kappa shape index (κ3) is 6.93.